The number of carbonyl (C=O) groups is 1. The summed E-state index contributed by atoms with van der Waals surface area (Å²) in [6.07, 6.45) is 1.51. The number of nitrogens with zero attached hydrogens (tertiary/aromatic N) is 1. The second kappa shape index (κ2) is 7.54. The van der Waals surface area contributed by atoms with E-state index in [1.165, 1.54) is 19.4 Å². The topological polar surface area (TPSA) is 97.4 Å². The molecule has 0 aliphatic carbocycles. The quantitative estimate of drug-likeness (QED) is 0.627. The third-order valence-electron chi connectivity index (χ3n) is 3.36. The molecule has 0 atom stereocenters. The Bertz CT molecular complexity index is 984. The van der Waals surface area contributed by atoms with E-state index in [1.54, 1.807) is 47.8 Å². The van der Waals surface area contributed by atoms with Crippen LogP contribution in [-0.2, 0) is 14.8 Å². The van der Waals surface area contributed by atoms with E-state index in [2.05, 4.69) is 19.8 Å². The molecule has 0 unspecified atom stereocenters. The van der Waals surface area contributed by atoms with Gasteiger partial charge in [0, 0.05) is 5.69 Å². The standard InChI is InChI=1S/C17H15N3O4S2/c1-24-17(21)12-4-6-13(7-5-12)19-14-8-9-15(18-11-14)20-26(22,23)16-3-2-10-25-16/h2-11,19H,1H3,(H,18,20). The predicted octanol–water partition coefficient (Wildman–Crippen LogP) is 3.47. The van der Waals surface area contributed by atoms with Crippen molar-refractivity contribution in [2.75, 3.05) is 17.1 Å². The maximum atomic E-state index is 12.2. The van der Waals surface area contributed by atoms with Crippen LogP contribution in [0.15, 0.2) is 64.3 Å². The molecule has 3 rings (SSSR count). The van der Waals surface area contributed by atoms with Crippen molar-refractivity contribution in [1.29, 1.82) is 0 Å². The van der Waals surface area contributed by atoms with Crippen LogP contribution in [0.25, 0.3) is 0 Å². The van der Waals surface area contributed by atoms with Crippen molar-refractivity contribution >= 4 is 44.5 Å². The molecule has 9 heteroatoms. The van der Waals surface area contributed by atoms with Crippen LogP contribution in [0.5, 0.6) is 0 Å². The first-order chi connectivity index (χ1) is 12.5. The van der Waals surface area contributed by atoms with Crippen LogP contribution in [0.3, 0.4) is 0 Å². The lowest BCUT2D eigenvalue weighted by molar-refractivity contribution is 0.0601. The normalized spacial score (nSPS) is 11.0. The lowest BCUT2D eigenvalue weighted by atomic mass is 10.2. The molecule has 0 saturated carbocycles. The van der Waals surface area contributed by atoms with Gasteiger partial charge in [-0.2, -0.15) is 0 Å². The van der Waals surface area contributed by atoms with Crippen LogP contribution in [0.2, 0.25) is 0 Å². The average molecular weight is 389 g/mol. The van der Waals surface area contributed by atoms with Gasteiger partial charge in [0.2, 0.25) is 0 Å². The van der Waals surface area contributed by atoms with E-state index in [1.807, 2.05) is 0 Å². The molecule has 3 aromatic rings. The SMILES string of the molecule is COC(=O)c1ccc(Nc2ccc(NS(=O)(=O)c3cccs3)nc2)cc1. The van der Waals surface area contributed by atoms with Gasteiger partial charge in [0.05, 0.1) is 24.6 Å². The van der Waals surface area contributed by atoms with Crippen LogP contribution in [-0.4, -0.2) is 26.5 Å². The summed E-state index contributed by atoms with van der Waals surface area (Å²) in [5.74, 6) is -0.175. The lowest BCUT2D eigenvalue weighted by Gasteiger charge is -2.09. The number of ether oxygens (including phenoxy) is 1. The zero-order valence-electron chi connectivity index (χ0n) is 13.7. The number of carbonyl (C=O) groups excluding carboxylic acids is 1. The fourth-order valence-corrected chi connectivity index (χ4v) is 4.11. The van der Waals surface area contributed by atoms with E-state index >= 15 is 0 Å². The van der Waals surface area contributed by atoms with Gasteiger partial charge in [0.1, 0.15) is 10.0 Å². The van der Waals surface area contributed by atoms with Gasteiger partial charge in [-0.3, -0.25) is 4.72 Å². The molecule has 0 spiro atoms. The zero-order valence-corrected chi connectivity index (χ0v) is 15.3. The fraction of sp³-hybridized carbons (Fsp3) is 0.0588. The summed E-state index contributed by atoms with van der Waals surface area (Å²) in [7, 11) is -2.29. The Hall–Kier alpha value is -2.91. The van der Waals surface area contributed by atoms with Gasteiger partial charge in [-0.25, -0.2) is 18.2 Å². The summed E-state index contributed by atoms with van der Waals surface area (Å²) in [4.78, 5) is 15.5. The molecule has 0 radical (unpaired) electrons. The monoisotopic (exact) mass is 389 g/mol. The second-order valence-corrected chi connectivity index (χ2v) is 8.02. The van der Waals surface area contributed by atoms with E-state index in [4.69, 9.17) is 0 Å². The maximum absolute atomic E-state index is 12.2. The Morgan fingerprint density at radius 1 is 1.08 bits per heavy atom. The average Bonchev–Trinajstić information content (AvgIpc) is 3.19. The molecular weight excluding hydrogens is 374 g/mol. The number of aromatic nitrogens is 1. The number of hydrogen-bond acceptors (Lipinski definition) is 7. The smallest absolute Gasteiger partial charge is 0.337 e. The first-order valence-corrected chi connectivity index (χ1v) is 9.82. The molecule has 0 fully saturated rings. The minimum atomic E-state index is -3.62. The van der Waals surface area contributed by atoms with Crippen molar-refractivity contribution in [3.05, 3.63) is 65.7 Å². The first-order valence-electron chi connectivity index (χ1n) is 7.46. The summed E-state index contributed by atoms with van der Waals surface area (Å²) < 4.78 is 31.6. The third kappa shape index (κ3) is 4.19. The van der Waals surface area contributed by atoms with Gasteiger partial charge < -0.3 is 10.1 Å². The Morgan fingerprint density at radius 3 is 2.38 bits per heavy atom. The van der Waals surface area contributed by atoms with E-state index in [-0.39, 0.29) is 10.0 Å². The summed E-state index contributed by atoms with van der Waals surface area (Å²) in [6, 6.07) is 13.2. The molecule has 2 heterocycles. The Morgan fingerprint density at radius 2 is 1.81 bits per heavy atom. The number of rotatable bonds is 6. The Kier molecular flexibility index (Phi) is 5.19. The minimum absolute atomic E-state index is 0.227. The number of thiophene rings is 1. The summed E-state index contributed by atoms with van der Waals surface area (Å²) in [5, 5.41) is 4.81. The molecule has 1 aromatic carbocycles. The number of methoxy groups -OCH3 is 1. The summed E-state index contributed by atoms with van der Waals surface area (Å²) in [5.41, 5.74) is 1.88. The molecular formula is C17H15N3O4S2. The van der Waals surface area contributed by atoms with Gasteiger partial charge in [-0.1, -0.05) is 6.07 Å². The predicted molar refractivity (Wildman–Crippen MR) is 100 cm³/mol. The van der Waals surface area contributed by atoms with Gasteiger partial charge >= 0.3 is 5.97 Å². The molecule has 0 saturated heterocycles. The maximum Gasteiger partial charge on any atom is 0.337 e. The number of nitrogens with one attached hydrogen (secondary N) is 2. The van der Waals surface area contributed by atoms with E-state index in [0.717, 1.165) is 17.0 Å². The van der Waals surface area contributed by atoms with E-state index in [9.17, 15) is 13.2 Å². The van der Waals surface area contributed by atoms with Crippen LogP contribution < -0.4 is 10.0 Å². The molecule has 0 aliphatic rings. The number of hydrogen-bond donors (Lipinski definition) is 2. The Balaban J connectivity index is 1.67. The van der Waals surface area contributed by atoms with Crippen LogP contribution in [0.1, 0.15) is 10.4 Å². The summed E-state index contributed by atoms with van der Waals surface area (Å²) in [6.45, 7) is 0. The fourth-order valence-electron chi connectivity index (χ4n) is 2.11. The molecule has 0 bridgehead atoms. The molecule has 7 nitrogen and oxygen atoms in total. The van der Waals surface area contributed by atoms with Gasteiger partial charge in [0.25, 0.3) is 10.0 Å². The van der Waals surface area contributed by atoms with Gasteiger partial charge in [0.15, 0.2) is 0 Å². The minimum Gasteiger partial charge on any atom is -0.465 e. The van der Waals surface area contributed by atoms with Gasteiger partial charge in [-0.15, -0.1) is 11.3 Å². The van der Waals surface area contributed by atoms with Crippen molar-refractivity contribution < 1.29 is 17.9 Å². The zero-order chi connectivity index (χ0) is 18.6. The third-order valence-corrected chi connectivity index (χ3v) is 6.11. The van der Waals surface area contributed by atoms with Crippen molar-refractivity contribution in [2.24, 2.45) is 0 Å². The number of esters is 1. The molecule has 0 aliphatic heterocycles. The molecule has 26 heavy (non-hydrogen) atoms. The highest BCUT2D eigenvalue weighted by atomic mass is 32.2. The van der Waals surface area contributed by atoms with Crippen molar-refractivity contribution in [2.45, 2.75) is 4.21 Å². The van der Waals surface area contributed by atoms with E-state index < -0.39 is 16.0 Å². The first kappa shape index (κ1) is 17.9. The van der Waals surface area contributed by atoms with Crippen molar-refractivity contribution in [3.8, 4) is 0 Å². The van der Waals surface area contributed by atoms with Crippen LogP contribution in [0, 0.1) is 0 Å². The lowest BCUT2D eigenvalue weighted by Crippen LogP contribution is -2.12. The molecule has 2 N–H and O–H groups in total. The molecule has 2 aromatic heterocycles. The van der Waals surface area contributed by atoms with E-state index in [0.29, 0.717) is 11.3 Å². The molecule has 134 valence electrons. The molecule has 0 amide bonds. The van der Waals surface area contributed by atoms with Crippen LogP contribution >= 0.6 is 11.3 Å². The van der Waals surface area contributed by atoms with Gasteiger partial charge in [-0.05, 0) is 47.8 Å². The summed E-state index contributed by atoms with van der Waals surface area (Å²) >= 11 is 1.14. The number of sulfonamides is 1. The highest BCUT2D eigenvalue weighted by molar-refractivity contribution is 7.94. The highest BCUT2D eigenvalue weighted by Crippen LogP contribution is 2.21. The van der Waals surface area contributed by atoms with Crippen molar-refractivity contribution in [1.82, 2.24) is 4.98 Å². The largest absolute Gasteiger partial charge is 0.465 e. The Labute approximate surface area is 154 Å². The number of anilines is 3. The number of pyridine rings is 1. The van der Waals surface area contributed by atoms with Crippen LogP contribution in [0.4, 0.5) is 17.2 Å². The number of benzene rings is 1. The highest BCUT2D eigenvalue weighted by Gasteiger charge is 2.15. The second-order valence-electron chi connectivity index (χ2n) is 5.16. The van der Waals surface area contributed by atoms with Crippen molar-refractivity contribution in [3.63, 3.8) is 0 Å².